The summed E-state index contributed by atoms with van der Waals surface area (Å²) in [7, 11) is 2.14. The molecule has 0 saturated carbocycles. The van der Waals surface area contributed by atoms with Crippen LogP contribution in [0.1, 0.15) is 0 Å². The Labute approximate surface area is 117 Å². The minimum absolute atomic E-state index is 0. The van der Waals surface area contributed by atoms with Gasteiger partial charge in [0.05, 0.1) is 0 Å². The van der Waals surface area contributed by atoms with Gasteiger partial charge in [-0.25, -0.2) is 0 Å². The largest absolute Gasteiger partial charge is 2.00 e. The summed E-state index contributed by atoms with van der Waals surface area (Å²) in [5.41, 5.74) is 0. The van der Waals surface area contributed by atoms with E-state index in [-0.39, 0.29) is 68.6 Å². The van der Waals surface area contributed by atoms with Crippen LogP contribution in [-0.4, -0.2) is 30.1 Å². The van der Waals surface area contributed by atoms with E-state index in [2.05, 4.69) is 6.55 Å². The molecule has 0 unspecified atom stereocenters. The maximum atomic E-state index is 4.82. The van der Waals surface area contributed by atoms with E-state index < -0.39 is 8.80 Å². The molecule has 0 aromatic rings. The van der Waals surface area contributed by atoms with Crippen molar-refractivity contribution in [3.8, 4) is 0 Å². The number of hydrogen-bond acceptors (Lipinski definition) is 3. The van der Waals surface area contributed by atoms with Gasteiger partial charge < -0.3 is 28.1 Å². The summed E-state index contributed by atoms with van der Waals surface area (Å²) < 4.78 is 14.5. The second-order valence-electron chi connectivity index (χ2n) is 1.30. The van der Waals surface area contributed by atoms with Crippen LogP contribution in [0.25, 0.3) is 0 Å². The zero-order chi connectivity index (χ0) is 6.62. The fourth-order valence-electron chi connectivity index (χ4n) is 0.250. The maximum Gasteiger partial charge on any atom is 2.00 e. The number of hydrogen-bond donors (Lipinski definition) is 0. The first-order chi connectivity index (χ1) is 3.68. The summed E-state index contributed by atoms with van der Waals surface area (Å²) in [5, 5.41) is 0. The molecule has 0 aromatic carbocycles. The third kappa shape index (κ3) is 11.9. The molecule has 0 spiro atoms. The minimum atomic E-state index is -2.42. The van der Waals surface area contributed by atoms with E-state index in [1.165, 1.54) is 21.3 Å². The van der Waals surface area contributed by atoms with Crippen molar-refractivity contribution in [3.63, 3.8) is 0 Å². The second kappa shape index (κ2) is 15.4. The van der Waals surface area contributed by atoms with Crippen molar-refractivity contribution in [1.29, 1.82) is 0 Å². The Hall–Kier alpha value is 1.89. The first-order valence-electron chi connectivity index (χ1n) is 2.19. The number of rotatable bonds is 3. The summed E-state index contributed by atoms with van der Waals surface area (Å²) in [4.78, 5) is 0. The average molecular weight is 438 g/mol. The van der Waals surface area contributed by atoms with Gasteiger partial charge in [0, 0.05) is 54.0 Å². The van der Waals surface area contributed by atoms with E-state index in [9.17, 15) is 0 Å². The molecule has 6 heteroatoms. The van der Waals surface area contributed by atoms with E-state index in [1.807, 2.05) is 0 Å². The third-order valence-electron chi connectivity index (χ3n) is 0.933. The van der Waals surface area contributed by atoms with Crippen LogP contribution in [-0.2, 0) is 67.1 Å². The molecule has 0 aliphatic heterocycles. The summed E-state index contributed by atoms with van der Waals surface area (Å²) in [5.74, 6) is 0. The van der Waals surface area contributed by atoms with Crippen molar-refractivity contribution < 1.29 is 67.1 Å². The summed E-state index contributed by atoms with van der Waals surface area (Å²) in [6, 6.07) is 0. The van der Waals surface area contributed by atoms with Crippen LogP contribution < -0.4 is 0 Å². The van der Waals surface area contributed by atoms with Crippen molar-refractivity contribution in [1.82, 2.24) is 0 Å². The normalized spacial score (nSPS) is 8.00. The molecule has 0 rings (SSSR count). The van der Waals surface area contributed by atoms with Crippen LogP contribution in [0, 0.1) is 21.4 Å². The molecule has 0 N–H and O–H groups in total. The average Bonchev–Trinajstić information content (AvgIpc) is 1.87. The van der Waals surface area contributed by atoms with Crippen LogP contribution in [0.3, 0.4) is 0 Å². The monoisotopic (exact) mass is 438 g/mol. The molecule has 0 aromatic heterocycles. The smallest absolute Gasteiger partial charge is 0.397 e. The van der Waals surface area contributed by atoms with Gasteiger partial charge in [-0.1, -0.05) is 0 Å². The van der Waals surface area contributed by atoms with Gasteiger partial charge in [0.15, 0.2) is 0 Å². The molecule has 0 amide bonds. The van der Waals surface area contributed by atoms with Crippen molar-refractivity contribution in [2.45, 2.75) is 0 Å². The Bertz CT molecular complexity index is 65.5. The van der Waals surface area contributed by atoms with Gasteiger partial charge in [0.1, 0.15) is 0 Å². The van der Waals surface area contributed by atoms with Crippen molar-refractivity contribution in [2.24, 2.45) is 0 Å². The summed E-state index contributed by atoms with van der Waals surface area (Å²) in [6.45, 7) is 3.60. The van der Waals surface area contributed by atoms with Crippen LogP contribution in [0.15, 0.2) is 0 Å². The maximum absolute atomic E-state index is 4.82. The Morgan fingerprint density at radius 2 is 1.08 bits per heavy atom. The van der Waals surface area contributed by atoms with Crippen LogP contribution >= 0.6 is 0 Å². The molecule has 0 fully saturated rings. The molecule has 0 atom stereocenters. The zero-order valence-corrected chi connectivity index (χ0v) is 15.2. The molecule has 0 saturated heterocycles. The Balaban J connectivity index is -0.0000000408. The topological polar surface area (TPSA) is 27.7 Å². The van der Waals surface area contributed by atoms with Gasteiger partial charge in [-0.2, -0.15) is 0 Å². The molecule has 3 nitrogen and oxygen atoms in total. The predicted octanol–water partition coefficient (Wildman–Crippen LogP) is 1.13. The Morgan fingerprint density at radius 1 is 0.917 bits per heavy atom. The predicted molar refractivity (Wildman–Crippen MR) is 45.0 cm³/mol. The van der Waals surface area contributed by atoms with Gasteiger partial charge in [0.25, 0.3) is 0 Å². The van der Waals surface area contributed by atoms with Crippen molar-refractivity contribution in [3.05, 3.63) is 21.4 Å². The molecular weight excluding hydrogens is 421 g/mol. The minimum Gasteiger partial charge on any atom is -0.397 e. The molecule has 12 heavy (non-hydrogen) atoms. The van der Waals surface area contributed by atoms with Gasteiger partial charge >= 0.3 is 29.9 Å². The summed E-state index contributed by atoms with van der Waals surface area (Å²) >= 11 is 0. The Morgan fingerprint density at radius 3 is 1.08 bits per heavy atom. The van der Waals surface area contributed by atoms with Crippen LogP contribution in [0.4, 0.5) is 0 Å². The van der Waals surface area contributed by atoms with E-state index in [1.54, 1.807) is 0 Å². The standard InChI is InChI=1S/C4H11O3Si.2CH3.W.Y/c1-5-8(4,6-2)7-3;;;;/h4H2,1-3H3;2*1H3;;/q3*-1;+2;. The molecular formula is C6H17O3SiWY-. The first-order valence-corrected chi connectivity index (χ1v) is 4.12. The van der Waals surface area contributed by atoms with E-state index in [0.29, 0.717) is 0 Å². The SMILES string of the molecule is [CH2-][Si](OC)(OC)OC.[CH3-].[CH3-].[W+2].[Y]. The van der Waals surface area contributed by atoms with Crippen molar-refractivity contribution in [2.75, 3.05) is 21.3 Å². The van der Waals surface area contributed by atoms with Crippen LogP contribution in [0.5, 0.6) is 0 Å². The molecule has 0 bridgehead atoms. The molecule has 1 radical (unpaired) electrons. The fourth-order valence-corrected chi connectivity index (χ4v) is 0.750. The fraction of sp³-hybridized carbons (Fsp3) is 0.500. The Kier molecular flexibility index (Phi) is 37.4. The molecule has 73 valence electrons. The van der Waals surface area contributed by atoms with E-state index >= 15 is 0 Å². The van der Waals surface area contributed by atoms with Gasteiger partial charge in [0.2, 0.25) is 0 Å². The zero-order valence-electron chi connectivity index (χ0n) is 8.42. The summed E-state index contributed by atoms with van der Waals surface area (Å²) in [6.07, 6.45) is 0. The van der Waals surface area contributed by atoms with E-state index in [4.69, 9.17) is 13.3 Å². The van der Waals surface area contributed by atoms with Crippen LogP contribution in [0.2, 0.25) is 0 Å². The second-order valence-corrected chi connectivity index (χ2v) is 3.89. The van der Waals surface area contributed by atoms with Gasteiger partial charge in [-0.05, 0) is 0 Å². The third-order valence-corrected chi connectivity index (χ3v) is 2.80. The molecule has 0 aliphatic rings. The van der Waals surface area contributed by atoms with Gasteiger partial charge in [-0.3, -0.25) is 6.55 Å². The molecule has 0 aliphatic carbocycles. The molecule has 0 heterocycles. The van der Waals surface area contributed by atoms with Gasteiger partial charge in [-0.15, -0.1) is 0 Å². The van der Waals surface area contributed by atoms with Crippen molar-refractivity contribution >= 4 is 8.80 Å². The quantitative estimate of drug-likeness (QED) is 0.489. The first kappa shape index (κ1) is 29.2. The van der Waals surface area contributed by atoms with E-state index in [0.717, 1.165) is 0 Å².